The van der Waals surface area contributed by atoms with Crippen molar-refractivity contribution in [2.75, 3.05) is 14.2 Å². The molecule has 0 aliphatic heterocycles. The fourth-order valence-corrected chi connectivity index (χ4v) is 9.18. The normalized spacial score (nSPS) is 41.8. The van der Waals surface area contributed by atoms with Crippen molar-refractivity contribution >= 4 is 5.97 Å². The maximum atomic E-state index is 11.6. The number of methoxy groups -OCH3 is 2. The number of fused-ring (bicyclic) bond motifs is 3. The number of phenols is 1. The van der Waals surface area contributed by atoms with Gasteiger partial charge in [0.2, 0.25) is 0 Å². The van der Waals surface area contributed by atoms with Crippen LogP contribution in [0.2, 0.25) is 0 Å². The predicted molar refractivity (Wildman–Crippen MR) is 133 cm³/mol. The Morgan fingerprint density at radius 3 is 2.29 bits per heavy atom. The molecule has 0 radical (unpaired) electrons. The second-order valence-electron chi connectivity index (χ2n) is 12.6. The monoisotopic (exact) mass is 472 g/mol. The lowest BCUT2D eigenvalue weighted by Gasteiger charge is -2.65. The van der Waals surface area contributed by atoms with E-state index in [9.17, 15) is 15.0 Å². The summed E-state index contributed by atoms with van der Waals surface area (Å²) in [6.07, 6.45) is 7.46. The number of carbonyl (C=O) groups is 1. The molecule has 2 N–H and O–H groups in total. The van der Waals surface area contributed by atoms with Gasteiger partial charge in [0.25, 0.3) is 0 Å². The molecule has 5 nitrogen and oxygen atoms in total. The Morgan fingerprint density at radius 1 is 1.03 bits per heavy atom. The number of carboxylic acids is 1. The summed E-state index contributed by atoms with van der Waals surface area (Å²) in [6, 6.07) is 4.72. The van der Waals surface area contributed by atoms with E-state index < -0.39 is 5.97 Å². The van der Waals surface area contributed by atoms with Crippen molar-refractivity contribution in [3.8, 4) is 5.75 Å². The fourth-order valence-electron chi connectivity index (χ4n) is 9.18. The lowest BCUT2D eigenvalue weighted by molar-refractivity contribution is -0.233. The molecule has 0 heterocycles. The van der Waals surface area contributed by atoms with Gasteiger partial charge in [-0.2, -0.15) is 0 Å². The van der Waals surface area contributed by atoms with E-state index in [0.29, 0.717) is 24.2 Å². The molecule has 0 saturated heterocycles. The molecule has 190 valence electrons. The van der Waals surface area contributed by atoms with Gasteiger partial charge in [0.15, 0.2) is 6.29 Å². The standard InChI is InChI=1S/C29H44O5/c1-18-10-13-26(2)22(27(18,3)17-20-16-19(24(31)32)8-9-21(20)30)11-14-28(4)23(26)12-15-29(28,5)25(33-6)34-7/h8-9,16,18,22-23,25,30H,10-15,17H2,1-7H3,(H,31,32)/t18-,22-,23-,26+,27-,28-,29+/m1/s1. The smallest absolute Gasteiger partial charge is 0.335 e. The summed E-state index contributed by atoms with van der Waals surface area (Å²) in [6.45, 7) is 12.1. The van der Waals surface area contributed by atoms with Crippen molar-refractivity contribution in [1.82, 2.24) is 0 Å². The van der Waals surface area contributed by atoms with E-state index in [1.54, 1.807) is 26.4 Å². The number of phenolic OH excluding ortho intramolecular Hbond substituents is 1. The van der Waals surface area contributed by atoms with Crippen LogP contribution in [0.15, 0.2) is 18.2 Å². The first-order valence-electron chi connectivity index (χ1n) is 13.0. The van der Waals surface area contributed by atoms with Crippen molar-refractivity contribution < 1.29 is 24.5 Å². The van der Waals surface area contributed by atoms with Gasteiger partial charge >= 0.3 is 5.97 Å². The zero-order valence-corrected chi connectivity index (χ0v) is 22.1. The molecular weight excluding hydrogens is 428 g/mol. The fraction of sp³-hybridized carbons (Fsp3) is 0.759. The molecule has 34 heavy (non-hydrogen) atoms. The van der Waals surface area contributed by atoms with Gasteiger partial charge in [-0.3, -0.25) is 0 Å². The second-order valence-corrected chi connectivity index (χ2v) is 12.6. The topological polar surface area (TPSA) is 76.0 Å². The molecule has 5 heteroatoms. The highest BCUT2D eigenvalue weighted by Gasteiger charge is 2.68. The zero-order chi connectivity index (χ0) is 25.1. The van der Waals surface area contributed by atoms with Crippen molar-refractivity contribution in [3.63, 3.8) is 0 Å². The van der Waals surface area contributed by atoms with E-state index >= 15 is 0 Å². The molecule has 0 unspecified atom stereocenters. The molecule has 0 bridgehead atoms. The van der Waals surface area contributed by atoms with E-state index in [1.807, 2.05) is 0 Å². The van der Waals surface area contributed by atoms with Crippen molar-refractivity contribution in [2.24, 2.45) is 39.4 Å². The molecule has 0 amide bonds. The highest BCUT2D eigenvalue weighted by atomic mass is 16.7. The lowest BCUT2D eigenvalue weighted by Crippen LogP contribution is -2.60. The minimum Gasteiger partial charge on any atom is -0.508 e. The maximum Gasteiger partial charge on any atom is 0.335 e. The van der Waals surface area contributed by atoms with Crippen LogP contribution in [0.3, 0.4) is 0 Å². The van der Waals surface area contributed by atoms with Gasteiger partial charge < -0.3 is 19.7 Å². The first-order valence-corrected chi connectivity index (χ1v) is 13.0. The van der Waals surface area contributed by atoms with Crippen LogP contribution in [0, 0.1) is 39.4 Å². The average Bonchev–Trinajstić information content (AvgIpc) is 3.06. The van der Waals surface area contributed by atoms with E-state index in [2.05, 4.69) is 34.6 Å². The molecule has 4 rings (SSSR count). The third-order valence-corrected chi connectivity index (χ3v) is 11.5. The van der Waals surface area contributed by atoms with Crippen molar-refractivity contribution in [3.05, 3.63) is 29.3 Å². The van der Waals surface area contributed by atoms with Crippen LogP contribution in [0.25, 0.3) is 0 Å². The molecule has 0 aromatic heterocycles. The van der Waals surface area contributed by atoms with E-state index in [-0.39, 0.29) is 39.3 Å². The molecule has 0 spiro atoms. The van der Waals surface area contributed by atoms with Gasteiger partial charge in [-0.05, 0) is 103 Å². The minimum atomic E-state index is -0.947. The molecule has 3 saturated carbocycles. The van der Waals surface area contributed by atoms with Gasteiger partial charge in [-0.15, -0.1) is 0 Å². The number of carboxylic acid groups (broad SMARTS) is 1. The van der Waals surface area contributed by atoms with E-state index in [1.165, 1.54) is 18.9 Å². The van der Waals surface area contributed by atoms with Gasteiger partial charge in [-0.1, -0.05) is 34.6 Å². The number of ether oxygens (including phenoxy) is 2. The maximum absolute atomic E-state index is 11.6. The van der Waals surface area contributed by atoms with Crippen LogP contribution >= 0.6 is 0 Å². The summed E-state index contributed by atoms with van der Waals surface area (Å²) in [5.74, 6) is 0.865. The van der Waals surface area contributed by atoms with Gasteiger partial charge in [0, 0.05) is 19.6 Å². The average molecular weight is 473 g/mol. The third kappa shape index (κ3) is 3.44. The first kappa shape index (κ1) is 25.5. The highest BCUT2D eigenvalue weighted by molar-refractivity contribution is 5.88. The molecule has 3 fully saturated rings. The summed E-state index contributed by atoms with van der Waals surface area (Å²) in [7, 11) is 3.53. The Balaban J connectivity index is 1.72. The van der Waals surface area contributed by atoms with Crippen LogP contribution in [-0.4, -0.2) is 36.7 Å². The third-order valence-electron chi connectivity index (χ3n) is 11.5. The van der Waals surface area contributed by atoms with Crippen molar-refractivity contribution in [2.45, 2.75) is 85.9 Å². The molecule has 1 aromatic rings. The highest BCUT2D eigenvalue weighted by Crippen LogP contribution is 2.74. The number of rotatable bonds is 6. The molecule has 1 aromatic carbocycles. The summed E-state index contributed by atoms with van der Waals surface area (Å²) < 4.78 is 11.7. The van der Waals surface area contributed by atoms with Crippen LogP contribution < -0.4 is 0 Å². The Bertz CT molecular complexity index is 940. The van der Waals surface area contributed by atoms with Crippen LogP contribution in [0.5, 0.6) is 5.75 Å². The molecule has 3 aliphatic carbocycles. The second kappa shape index (κ2) is 8.51. The van der Waals surface area contributed by atoms with Crippen molar-refractivity contribution in [1.29, 1.82) is 0 Å². The number of hydrogen-bond donors (Lipinski definition) is 2. The zero-order valence-electron chi connectivity index (χ0n) is 22.1. The summed E-state index contributed by atoms with van der Waals surface area (Å²) in [5.41, 5.74) is 1.31. The van der Waals surface area contributed by atoms with Crippen LogP contribution in [0.4, 0.5) is 0 Å². The quantitative estimate of drug-likeness (QED) is 0.461. The summed E-state index contributed by atoms with van der Waals surface area (Å²) >= 11 is 0. The number of aromatic hydroxyl groups is 1. The Labute approximate surface area is 205 Å². The number of aromatic carboxylic acids is 1. The Kier molecular flexibility index (Phi) is 6.39. The first-order chi connectivity index (χ1) is 15.9. The Morgan fingerprint density at radius 2 is 1.68 bits per heavy atom. The molecule has 3 aliphatic rings. The summed E-state index contributed by atoms with van der Waals surface area (Å²) in [5, 5.41) is 20.2. The van der Waals surface area contributed by atoms with Gasteiger partial charge in [0.05, 0.1) is 5.56 Å². The lowest BCUT2D eigenvalue weighted by atomic mass is 9.39. The largest absolute Gasteiger partial charge is 0.508 e. The minimum absolute atomic E-state index is 0.0101. The molecule has 7 atom stereocenters. The number of hydrogen-bond acceptors (Lipinski definition) is 4. The van der Waals surface area contributed by atoms with E-state index in [4.69, 9.17) is 9.47 Å². The van der Waals surface area contributed by atoms with Gasteiger partial charge in [-0.25, -0.2) is 4.79 Å². The van der Waals surface area contributed by atoms with Crippen LogP contribution in [0.1, 0.15) is 89.1 Å². The van der Waals surface area contributed by atoms with E-state index in [0.717, 1.165) is 31.2 Å². The molecular formula is C29H44O5. The van der Waals surface area contributed by atoms with Gasteiger partial charge in [0.1, 0.15) is 5.75 Å². The predicted octanol–water partition coefficient (Wildman–Crippen LogP) is 6.53. The number of benzene rings is 1. The summed E-state index contributed by atoms with van der Waals surface area (Å²) in [4.78, 5) is 11.6. The SMILES string of the molecule is COC(OC)[C@]1(C)CC[C@@H]2[C@@]3(C)CC[C@@H](C)[C@@](C)(Cc4cc(C(=O)O)ccc4O)[C@@H]3CC[C@]21C. The Hall–Kier alpha value is -1.59. The van der Waals surface area contributed by atoms with Crippen LogP contribution in [-0.2, 0) is 15.9 Å².